The van der Waals surface area contributed by atoms with Gasteiger partial charge in [-0.05, 0) is 25.0 Å². The van der Waals surface area contributed by atoms with E-state index < -0.39 is 4.92 Å². The van der Waals surface area contributed by atoms with Crippen molar-refractivity contribution < 1.29 is 9.66 Å². The van der Waals surface area contributed by atoms with Crippen molar-refractivity contribution in [2.45, 2.75) is 52.1 Å². The molecule has 1 aromatic rings. The quantitative estimate of drug-likeness (QED) is 0.426. The number of non-ortho nitro benzene ring substituents is 1. The number of nitrogens with zero attached hydrogens (tertiary/aromatic N) is 1. The third-order valence-corrected chi connectivity index (χ3v) is 3.29. The van der Waals surface area contributed by atoms with E-state index in [9.17, 15) is 10.1 Å². The largest absolute Gasteiger partial charge is 0.496 e. The first-order valence-electron chi connectivity index (χ1n) is 7.12. The van der Waals surface area contributed by atoms with Crippen LogP contribution in [0, 0.1) is 10.1 Å². The van der Waals surface area contributed by atoms with Gasteiger partial charge in [0.25, 0.3) is 5.69 Å². The van der Waals surface area contributed by atoms with Crippen molar-refractivity contribution in [1.29, 1.82) is 0 Å². The second-order valence-corrected chi connectivity index (χ2v) is 5.07. The lowest BCUT2D eigenvalue weighted by molar-refractivity contribution is -0.385. The molecule has 0 bridgehead atoms. The first-order chi connectivity index (χ1) is 9.56. The van der Waals surface area contributed by atoms with Gasteiger partial charge in [-0.3, -0.25) is 10.1 Å². The number of nitrogens with one attached hydrogen (secondary N) is 1. The zero-order chi connectivity index (χ0) is 15.0. The first-order valence-corrected chi connectivity index (χ1v) is 7.12. The lowest BCUT2D eigenvalue weighted by Crippen LogP contribution is -2.25. The van der Waals surface area contributed by atoms with Gasteiger partial charge in [0.2, 0.25) is 0 Å². The summed E-state index contributed by atoms with van der Waals surface area (Å²) in [6.07, 6.45) is 4.80. The van der Waals surface area contributed by atoms with Crippen LogP contribution in [0.15, 0.2) is 18.2 Å². The highest BCUT2D eigenvalue weighted by atomic mass is 16.6. The van der Waals surface area contributed by atoms with Gasteiger partial charge < -0.3 is 10.1 Å². The van der Waals surface area contributed by atoms with Crippen molar-refractivity contribution in [3.05, 3.63) is 33.9 Å². The number of nitro benzene ring substituents is 1. The van der Waals surface area contributed by atoms with E-state index in [1.54, 1.807) is 6.07 Å². The fourth-order valence-electron chi connectivity index (χ4n) is 2.06. The molecule has 0 aromatic heterocycles. The summed E-state index contributed by atoms with van der Waals surface area (Å²) < 4.78 is 5.10. The molecular formula is C15H24N2O3. The third-order valence-electron chi connectivity index (χ3n) is 3.29. The van der Waals surface area contributed by atoms with E-state index in [1.807, 2.05) is 6.07 Å². The highest BCUT2D eigenvalue weighted by Gasteiger charge is 2.10. The van der Waals surface area contributed by atoms with Gasteiger partial charge in [-0.15, -0.1) is 0 Å². The van der Waals surface area contributed by atoms with E-state index in [2.05, 4.69) is 19.2 Å². The monoisotopic (exact) mass is 280 g/mol. The summed E-state index contributed by atoms with van der Waals surface area (Å²) in [4.78, 5) is 10.5. The van der Waals surface area contributed by atoms with Crippen LogP contribution in [0.3, 0.4) is 0 Å². The number of rotatable bonds is 9. The molecule has 0 fully saturated rings. The van der Waals surface area contributed by atoms with Crippen molar-refractivity contribution in [3.8, 4) is 5.75 Å². The van der Waals surface area contributed by atoms with Gasteiger partial charge in [-0.25, -0.2) is 0 Å². The number of methoxy groups -OCH3 is 1. The van der Waals surface area contributed by atoms with Crippen LogP contribution in [0.4, 0.5) is 5.69 Å². The molecule has 1 atom stereocenters. The van der Waals surface area contributed by atoms with Crippen LogP contribution in [0.1, 0.15) is 45.1 Å². The van der Waals surface area contributed by atoms with Crippen LogP contribution in [0.5, 0.6) is 5.75 Å². The average molecular weight is 280 g/mol. The number of hydrogen-bond acceptors (Lipinski definition) is 4. The molecule has 0 radical (unpaired) electrons. The molecule has 5 nitrogen and oxygen atoms in total. The highest BCUT2D eigenvalue weighted by Crippen LogP contribution is 2.22. The summed E-state index contributed by atoms with van der Waals surface area (Å²) >= 11 is 0. The molecule has 1 aromatic carbocycles. The van der Waals surface area contributed by atoms with Crippen LogP contribution in [0.2, 0.25) is 0 Å². The maximum atomic E-state index is 10.9. The smallest absolute Gasteiger partial charge is 0.273 e. The van der Waals surface area contributed by atoms with E-state index in [0.29, 0.717) is 18.3 Å². The van der Waals surface area contributed by atoms with E-state index in [0.717, 1.165) is 12.0 Å². The molecule has 0 saturated heterocycles. The molecule has 1 rings (SSSR count). The molecular weight excluding hydrogens is 256 g/mol. The molecule has 1 unspecified atom stereocenters. The van der Waals surface area contributed by atoms with Crippen molar-refractivity contribution in [1.82, 2.24) is 5.32 Å². The van der Waals surface area contributed by atoms with E-state index in [-0.39, 0.29) is 5.69 Å². The van der Waals surface area contributed by atoms with Gasteiger partial charge in [-0.2, -0.15) is 0 Å². The van der Waals surface area contributed by atoms with Gasteiger partial charge in [0.05, 0.1) is 18.1 Å². The van der Waals surface area contributed by atoms with Gasteiger partial charge in [0.1, 0.15) is 5.75 Å². The first kappa shape index (κ1) is 16.4. The van der Waals surface area contributed by atoms with Crippen LogP contribution in [0.25, 0.3) is 0 Å². The summed E-state index contributed by atoms with van der Waals surface area (Å²) in [6, 6.07) is 5.27. The minimum Gasteiger partial charge on any atom is -0.496 e. The molecule has 0 saturated carbocycles. The van der Waals surface area contributed by atoms with E-state index >= 15 is 0 Å². The van der Waals surface area contributed by atoms with Crippen molar-refractivity contribution in [2.24, 2.45) is 0 Å². The normalized spacial score (nSPS) is 12.2. The van der Waals surface area contributed by atoms with Crippen LogP contribution >= 0.6 is 0 Å². The molecule has 1 N–H and O–H groups in total. The van der Waals surface area contributed by atoms with Crippen molar-refractivity contribution in [2.75, 3.05) is 7.11 Å². The summed E-state index contributed by atoms with van der Waals surface area (Å²) in [5.74, 6) is 0.523. The Kier molecular flexibility index (Phi) is 7.01. The standard InChI is InChI=1S/C15H24N2O3/c1-4-5-6-7-12(2)16-11-13-8-14(17(18)19)10-15(9-13)20-3/h8-10,12,16H,4-7,11H2,1-3H3. The average Bonchev–Trinajstić information content (AvgIpc) is 2.45. The van der Waals surface area contributed by atoms with Crippen LogP contribution in [-0.4, -0.2) is 18.1 Å². The summed E-state index contributed by atoms with van der Waals surface area (Å²) in [6.45, 7) is 4.95. The van der Waals surface area contributed by atoms with Crippen LogP contribution < -0.4 is 10.1 Å². The highest BCUT2D eigenvalue weighted by molar-refractivity contribution is 5.42. The van der Waals surface area contributed by atoms with Gasteiger partial charge in [0, 0.05) is 18.7 Å². The van der Waals surface area contributed by atoms with Gasteiger partial charge in [-0.1, -0.05) is 26.2 Å². The Morgan fingerprint density at radius 2 is 2.10 bits per heavy atom. The summed E-state index contributed by atoms with van der Waals surface area (Å²) in [5.41, 5.74) is 0.943. The van der Waals surface area contributed by atoms with Crippen LogP contribution in [-0.2, 0) is 6.54 Å². The van der Waals surface area contributed by atoms with Gasteiger partial charge >= 0.3 is 0 Å². The van der Waals surface area contributed by atoms with E-state index in [4.69, 9.17) is 4.74 Å². The Balaban J connectivity index is 2.58. The lowest BCUT2D eigenvalue weighted by atomic mass is 10.1. The van der Waals surface area contributed by atoms with Crippen molar-refractivity contribution in [3.63, 3.8) is 0 Å². The molecule has 0 aliphatic carbocycles. The Bertz CT molecular complexity index is 435. The molecule has 0 spiro atoms. The maximum Gasteiger partial charge on any atom is 0.273 e. The molecule has 0 amide bonds. The second-order valence-electron chi connectivity index (χ2n) is 5.07. The predicted molar refractivity (Wildman–Crippen MR) is 80.1 cm³/mol. The molecule has 0 heterocycles. The Morgan fingerprint density at radius 3 is 2.70 bits per heavy atom. The number of unbranched alkanes of at least 4 members (excludes halogenated alkanes) is 2. The zero-order valence-corrected chi connectivity index (χ0v) is 12.5. The molecule has 0 aliphatic rings. The third kappa shape index (κ3) is 5.57. The minimum absolute atomic E-state index is 0.0692. The number of ether oxygens (including phenoxy) is 1. The number of hydrogen-bond donors (Lipinski definition) is 1. The fourth-order valence-corrected chi connectivity index (χ4v) is 2.06. The number of nitro groups is 1. The summed E-state index contributed by atoms with van der Waals surface area (Å²) in [5, 5.41) is 14.3. The second kappa shape index (κ2) is 8.53. The minimum atomic E-state index is -0.392. The Hall–Kier alpha value is -1.62. The van der Waals surface area contributed by atoms with Gasteiger partial charge in [0.15, 0.2) is 0 Å². The topological polar surface area (TPSA) is 64.4 Å². The number of benzene rings is 1. The summed E-state index contributed by atoms with van der Waals surface area (Å²) in [7, 11) is 1.52. The maximum absolute atomic E-state index is 10.9. The van der Waals surface area contributed by atoms with Crippen molar-refractivity contribution >= 4 is 5.69 Å². The Labute approximate surface area is 120 Å². The molecule has 112 valence electrons. The lowest BCUT2D eigenvalue weighted by Gasteiger charge is -2.14. The SMILES string of the molecule is CCCCCC(C)NCc1cc(OC)cc([N+](=O)[O-])c1. The fraction of sp³-hybridized carbons (Fsp3) is 0.600. The van der Waals surface area contributed by atoms with E-state index in [1.165, 1.54) is 32.4 Å². The Morgan fingerprint density at radius 1 is 1.35 bits per heavy atom. The molecule has 0 aliphatic heterocycles. The molecule has 20 heavy (non-hydrogen) atoms. The predicted octanol–water partition coefficient (Wildman–Crippen LogP) is 3.66. The molecule has 5 heteroatoms. The zero-order valence-electron chi connectivity index (χ0n) is 12.5.